The molecule has 3 amide bonds. The van der Waals surface area contributed by atoms with Crippen molar-refractivity contribution in [1.82, 2.24) is 15.1 Å². The number of carbonyl (C=O) groups is 2. The van der Waals surface area contributed by atoms with Crippen LogP contribution in [0.3, 0.4) is 0 Å². The Balaban J connectivity index is 1.64. The Morgan fingerprint density at radius 2 is 1.55 bits per heavy atom. The molecule has 1 aliphatic carbocycles. The number of rotatable bonds is 5. The molecule has 2 aromatic carbocycles. The zero-order valence-electron chi connectivity index (χ0n) is 18.7. The summed E-state index contributed by atoms with van der Waals surface area (Å²) in [6.07, 6.45) is 3.52. The van der Waals surface area contributed by atoms with Crippen LogP contribution < -0.4 is 10.2 Å². The van der Waals surface area contributed by atoms with Crippen LogP contribution in [0.15, 0.2) is 60.7 Å². The van der Waals surface area contributed by atoms with Gasteiger partial charge in [0.25, 0.3) is 0 Å². The Labute approximate surface area is 184 Å². The lowest BCUT2D eigenvalue weighted by Gasteiger charge is -2.48. The molecule has 0 bridgehead atoms. The van der Waals surface area contributed by atoms with Crippen LogP contribution in [0, 0.1) is 0 Å². The second-order valence-corrected chi connectivity index (χ2v) is 9.00. The van der Waals surface area contributed by atoms with Crippen LogP contribution in [0.5, 0.6) is 0 Å². The van der Waals surface area contributed by atoms with E-state index in [2.05, 4.69) is 29.6 Å². The van der Waals surface area contributed by atoms with Gasteiger partial charge in [0, 0.05) is 25.3 Å². The third-order valence-corrected chi connectivity index (χ3v) is 7.19. The lowest BCUT2D eigenvalue weighted by Crippen LogP contribution is -2.56. The zero-order valence-corrected chi connectivity index (χ0v) is 18.7. The molecule has 0 radical (unpaired) electrons. The number of benzene rings is 2. The minimum Gasteiger partial charge on any atom is -0.347 e. The monoisotopic (exact) mass is 420 g/mol. The third-order valence-electron chi connectivity index (χ3n) is 7.19. The molecule has 1 saturated carbocycles. The van der Waals surface area contributed by atoms with Crippen molar-refractivity contribution in [3.63, 3.8) is 0 Å². The van der Waals surface area contributed by atoms with Crippen molar-refractivity contribution < 1.29 is 9.59 Å². The molecule has 1 aliphatic heterocycles. The highest BCUT2D eigenvalue weighted by Crippen LogP contribution is 2.47. The van der Waals surface area contributed by atoms with Gasteiger partial charge >= 0.3 is 6.03 Å². The predicted octanol–water partition coefficient (Wildman–Crippen LogP) is 3.44. The Bertz CT molecular complexity index is 921. The summed E-state index contributed by atoms with van der Waals surface area (Å²) in [6, 6.07) is 20.3. The van der Waals surface area contributed by atoms with E-state index in [0.29, 0.717) is 6.54 Å². The average molecular weight is 421 g/mol. The van der Waals surface area contributed by atoms with Crippen molar-refractivity contribution in [2.24, 2.45) is 0 Å². The van der Waals surface area contributed by atoms with Crippen LogP contribution in [0.25, 0.3) is 0 Å². The van der Waals surface area contributed by atoms with E-state index in [4.69, 9.17) is 0 Å². The smallest absolute Gasteiger partial charge is 0.325 e. The highest BCUT2D eigenvalue weighted by atomic mass is 16.2. The molecule has 1 spiro atoms. The number of hydrogen-bond donors (Lipinski definition) is 1. The Hall–Kier alpha value is -2.86. The van der Waals surface area contributed by atoms with E-state index in [-0.39, 0.29) is 29.6 Å². The van der Waals surface area contributed by atoms with Gasteiger partial charge < -0.3 is 15.1 Å². The number of carbonyl (C=O) groups excluding carboxylic acids is 2. The van der Waals surface area contributed by atoms with Crippen LogP contribution in [0.2, 0.25) is 0 Å². The molecular weight excluding hydrogens is 388 g/mol. The number of para-hydroxylation sites is 1. The number of urea groups is 1. The number of amides is 3. The van der Waals surface area contributed by atoms with Gasteiger partial charge in [-0.2, -0.15) is 0 Å². The van der Waals surface area contributed by atoms with Crippen molar-refractivity contribution in [3.05, 3.63) is 66.2 Å². The molecule has 0 aromatic heterocycles. The summed E-state index contributed by atoms with van der Waals surface area (Å²) in [5.74, 6) is -0.0452. The molecule has 6 nitrogen and oxygen atoms in total. The van der Waals surface area contributed by atoms with Crippen molar-refractivity contribution in [3.8, 4) is 0 Å². The summed E-state index contributed by atoms with van der Waals surface area (Å²) >= 11 is 0. The largest absolute Gasteiger partial charge is 0.347 e. The lowest BCUT2D eigenvalue weighted by molar-refractivity contribution is -0.130. The fourth-order valence-electron chi connectivity index (χ4n) is 5.13. The van der Waals surface area contributed by atoms with Gasteiger partial charge in [-0.1, -0.05) is 48.5 Å². The van der Waals surface area contributed by atoms with Gasteiger partial charge in [-0.3, -0.25) is 9.69 Å². The molecule has 31 heavy (non-hydrogen) atoms. The highest BCUT2D eigenvalue weighted by Gasteiger charge is 2.54. The second-order valence-electron chi connectivity index (χ2n) is 9.00. The number of likely N-dealkylation sites (N-methyl/N-ethyl adjacent to an activating group) is 1. The molecule has 2 aromatic rings. The van der Waals surface area contributed by atoms with E-state index in [1.165, 1.54) is 5.56 Å². The van der Waals surface area contributed by atoms with Crippen LogP contribution in [0.4, 0.5) is 10.5 Å². The minimum atomic E-state index is -0.340. The van der Waals surface area contributed by atoms with E-state index >= 15 is 0 Å². The Morgan fingerprint density at radius 3 is 2.10 bits per heavy atom. The van der Waals surface area contributed by atoms with E-state index in [1.807, 2.05) is 53.2 Å². The average Bonchev–Trinajstić information content (AvgIpc) is 3.07. The maximum Gasteiger partial charge on any atom is 0.325 e. The van der Waals surface area contributed by atoms with Gasteiger partial charge in [0.15, 0.2) is 0 Å². The number of nitrogens with one attached hydrogen (secondary N) is 1. The predicted molar refractivity (Wildman–Crippen MR) is 123 cm³/mol. The number of nitrogens with zero attached hydrogens (tertiary/aromatic N) is 3. The van der Waals surface area contributed by atoms with Gasteiger partial charge in [-0.25, -0.2) is 4.79 Å². The molecule has 1 saturated heterocycles. The first kappa shape index (κ1) is 21.4. The molecule has 2 aliphatic rings. The van der Waals surface area contributed by atoms with Gasteiger partial charge in [0.1, 0.15) is 6.54 Å². The first-order valence-corrected chi connectivity index (χ1v) is 11.0. The van der Waals surface area contributed by atoms with Crippen molar-refractivity contribution in [2.75, 3.05) is 39.1 Å². The van der Waals surface area contributed by atoms with Gasteiger partial charge in [-0.15, -0.1) is 0 Å². The molecule has 1 N–H and O–H groups in total. The van der Waals surface area contributed by atoms with Crippen LogP contribution in [-0.2, 0) is 10.3 Å². The topological polar surface area (TPSA) is 55.9 Å². The first-order valence-electron chi connectivity index (χ1n) is 11.0. The SMILES string of the molecule is CN[C@]1(c2ccccc2)CC[C@@]2(CC1)CN(c1ccccc1)C(=O)N2CC(=O)N(C)C. The second kappa shape index (κ2) is 8.35. The number of anilines is 1. The van der Waals surface area contributed by atoms with Gasteiger partial charge in [0.05, 0.1) is 12.1 Å². The van der Waals surface area contributed by atoms with E-state index in [0.717, 1.165) is 31.4 Å². The third kappa shape index (κ3) is 3.81. The first-order chi connectivity index (χ1) is 14.9. The minimum absolute atomic E-state index is 0.0452. The normalized spacial score (nSPS) is 25.8. The maximum atomic E-state index is 13.5. The molecule has 0 atom stereocenters. The fraction of sp³-hybridized carbons (Fsp3) is 0.440. The molecule has 1 heterocycles. The van der Waals surface area contributed by atoms with E-state index in [9.17, 15) is 9.59 Å². The van der Waals surface area contributed by atoms with Gasteiger partial charge in [0.2, 0.25) is 5.91 Å². The van der Waals surface area contributed by atoms with Crippen molar-refractivity contribution in [2.45, 2.75) is 36.8 Å². The molecular formula is C25H32N4O2. The van der Waals surface area contributed by atoms with Crippen LogP contribution in [-0.4, -0.2) is 61.5 Å². The quantitative estimate of drug-likeness (QED) is 0.806. The lowest BCUT2D eigenvalue weighted by atomic mass is 9.69. The molecule has 6 heteroatoms. The van der Waals surface area contributed by atoms with Crippen LogP contribution in [0.1, 0.15) is 31.2 Å². The summed E-state index contributed by atoms with van der Waals surface area (Å²) in [4.78, 5) is 31.4. The van der Waals surface area contributed by atoms with E-state index < -0.39 is 0 Å². The fourth-order valence-corrected chi connectivity index (χ4v) is 5.13. The summed E-state index contributed by atoms with van der Waals surface area (Å²) in [5.41, 5.74) is 1.73. The molecule has 164 valence electrons. The number of hydrogen-bond acceptors (Lipinski definition) is 3. The Kier molecular flexibility index (Phi) is 5.75. The Morgan fingerprint density at radius 1 is 0.968 bits per heavy atom. The van der Waals surface area contributed by atoms with E-state index in [1.54, 1.807) is 19.0 Å². The molecule has 4 rings (SSSR count). The summed E-state index contributed by atoms with van der Waals surface area (Å²) in [7, 11) is 5.51. The summed E-state index contributed by atoms with van der Waals surface area (Å²) in [5, 5.41) is 3.58. The zero-order chi connectivity index (χ0) is 22.1. The standard InChI is InChI=1S/C25H32N4O2/c1-26-25(20-10-6-4-7-11-20)16-14-24(15-17-25)19-28(21-12-8-5-9-13-21)23(31)29(24)18-22(30)27(2)3/h4-13,26H,14-19H2,1-3H3/t24-,25-. The maximum absolute atomic E-state index is 13.5. The van der Waals surface area contributed by atoms with Crippen molar-refractivity contribution in [1.29, 1.82) is 0 Å². The van der Waals surface area contributed by atoms with Crippen molar-refractivity contribution >= 4 is 17.6 Å². The van der Waals surface area contributed by atoms with Crippen LogP contribution >= 0.6 is 0 Å². The highest BCUT2D eigenvalue weighted by molar-refractivity contribution is 5.97. The summed E-state index contributed by atoms with van der Waals surface area (Å²) in [6.45, 7) is 0.734. The van der Waals surface area contributed by atoms with Gasteiger partial charge in [-0.05, 0) is 50.4 Å². The molecule has 2 fully saturated rings. The summed E-state index contributed by atoms with van der Waals surface area (Å²) < 4.78 is 0. The molecule has 0 unspecified atom stereocenters.